The molecule has 0 spiro atoms. The minimum Gasteiger partial charge on any atom is -0.373 e. The lowest BCUT2D eigenvalue weighted by atomic mass is 10.2. The molecule has 0 unspecified atom stereocenters. The fourth-order valence-electron chi connectivity index (χ4n) is 2.42. The van der Waals surface area contributed by atoms with E-state index in [1.165, 1.54) is 5.56 Å². The van der Waals surface area contributed by atoms with Crippen LogP contribution in [0.5, 0.6) is 0 Å². The monoisotopic (exact) mass is 326 g/mol. The van der Waals surface area contributed by atoms with Crippen LogP contribution in [0.3, 0.4) is 0 Å². The van der Waals surface area contributed by atoms with E-state index in [2.05, 4.69) is 27.1 Å². The Balaban J connectivity index is 1.90. The van der Waals surface area contributed by atoms with Crippen molar-refractivity contribution in [1.29, 1.82) is 0 Å². The van der Waals surface area contributed by atoms with Gasteiger partial charge in [0.05, 0.1) is 17.4 Å². The van der Waals surface area contributed by atoms with Gasteiger partial charge in [0.1, 0.15) is 0 Å². The summed E-state index contributed by atoms with van der Waals surface area (Å²) in [6, 6.07) is 5.94. The summed E-state index contributed by atoms with van der Waals surface area (Å²) in [7, 11) is 2.02. The number of nitrogens with one attached hydrogen (secondary N) is 1. The Hall–Kier alpha value is -2.43. The summed E-state index contributed by atoms with van der Waals surface area (Å²) in [5, 5.41) is 2.95. The third-order valence-electron chi connectivity index (χ3n) is 3.98. The van der Waals surface area contributed by atoms with Crippen molar-refractivity contribution in [3.8, 4) is 0 Å². The standard InChI is InChI=1S/C19H26N4O/c1-3-4-5-9-22-19(24)17-13-18(15-21-14-17)23(2)12-8-16-6-10-20-11-7-16/h6-7,10-11,13-15H,3-5,8-9,12H2,1-2H3,(H,22,24). The molecule has 24 heavy (non-hydrogen) atoms. The van der Waals surface area contributed by atoms with Crippen molar-refractivity contribution in [2.75, 3.05) is 25.0 Å². The average molecular weight is 326 g/mol. The van der Waals surface area contributed by atoms with Crippen molar-refractivity contribution in [3.63, 3.8) is 0 Å². The molecule has 0 radical (unpaired) electrons. The summed E-state index contributed by atoms with van der Waals surface area (Å²) < 4.78 is 0. The molecule has 0 aliphatic carbocycles. The number of hydrogen-bond acceptors (Lipinski definition) is 4. The van der Waals surface area contributed by atoms with E-state index in [1.807, 2.05) is 25.2 Å². The molecular formula is C19H26N4O. The van der Waals surface area contributed by atoms with Crippen LogP contribution in [0.25, 0.3) is 0 Å². The smallest absolute Gasteiger partial charge is 0.252 e. The van der Waals surface area contributed by atoms with Crippen molar-refractivity contribution in [1.82, 2.24) is 15.3 Å². The summed E-state index contributed by atoms with van der Waals surface area (Å²) in [5.41, 5.74) is 2.81. The first-order chi connectivity index (χ1) is 11.7. The van der Waals surface area contributed by atoms with Gasteiger partial charge in [0.15, 0.2) is 0 Å². The third kappa shape index (κ3) is 5.65. The largest absolute Gasteiger partial charge is 0.373 e. The highest BCUT2D eigenvalue weighted by atomic mass is 16.1. The van der Waals surface area contributed by atoms with E-state index in [9.17, 15) is 4.79 Å². The molecule has 0 atom stereocenters. The molecule has 5 nitrogen and oxygen atoms in total. The Morgan fingerprint density at radius 1 is 1.17 bits per heavy atom. The van der Waals surface area contributed by atoms with Crippen LogP contribution in [0.4, 0.5) is 5.69 Å². The second kappa shape index (κ2) is 9.65. The van der Waals surface area contributed by atoms with Gasteiger partial charge in [0.2, 0.25) is 0 Å². The van der Waals surface area contributed by atoms with E-state index >= 15 is 0 Å². The fourth-order valence-corrected chi connectivity index (χ4v) is 2.42. The molecule has 0 aromatic carbocycles. The Morgan fingerprint density at radius 3 is 2.71 bits per heavy atom. The second-order valence-corrected chi connectivity index (χ2v) is 5.92. The molecule has 2 heterocycles. The zero-order valence-corrected chi connectivity index (χ0v) is 14.5. The van der Waals surface area contributed by atoms with Crippen LogP contribution in [-0.4, -0.2) is 36.0 Å². The van der Waals surface area contributed by atoms with Gasteiger partial charge in [0, 0.05) is 38.7 Å². The number of carbonyl (C=O) groups excluding carboxylic acids is 1. The van der Waals surface area contributed by atoms with Gasteiger partial charge in [-0.25, -0.2) is 0 Å². The molecule has 1 amide bonds. The molecule has 2 rings (SSSR count). The van der Waals surface area contributed by atoms with Crippen molar-refractivity contribution in [3.05, 3.63) is 54.1 Å². The average Bonchev–Trinajstić information content (AvgIpc) is 2.64. The maximum absolute atomic E-state index is 12.2. The molecule has 1 N–H and O–H groups in total. The van der Waals surface area contributed by atoms with Crippen LogP contribution in [0.1, 0.15) is 42.1 Å². The van der Waals surface area contributed by atoms with Gasteiger partial charge >= 0.3 is 0 Å². The van der Waals surface area contributed by atoms with Gasteiger partial charge in [-0.1, -0.05) is 19.8 Å². The lowest BCUT2D eigenvalue weighted by molar-refractivity contribution is 0.0952. The third-order valence-corrected chi connectivity index (χ3v) is 3.98. The number of unbranched alkanes of at least 4 members (excludes halogenated alkanes) is 2. The maximum atomic E-state index is 12.2. The Bertz CT molecular complexity index is 630. The Kier molecular flexibility index (Phi) is 7.21. The molecule has 2 aromatic heterocycles. The SMILES string of the molecule is CCCCCNC(=O)c1cncc(N(C)CCc2ccncc2)c1. The zero-order chi connectivity index (χ0) is 17.2. The van der Waals surface area contributed by atoms with Crippen LogP contribution in [0, 0.1) is 0 Å². The van der Waals surface area contributed by atoms with Crippen LogP contribution in [-0.2, 0) is 6.42 Å². The molecule has 0 aliphatic heterocycles. The summed E-state index contributed by atoms with van der Waals surface area (Å²) in [6.07, 6.45) is 11.2. The lowest BCUT2D eigenvalue weighted by Gasteiger charge is -2.19. The van der Waals surface area contributed by atoms with E-state index < -0.39 is 0 Å². The van der Waals surface area contributed by atoms with E-state index in [-0.39, 0.29) is 5.91 Å². The molecular weight excluding hydrogens is 300 g/mol. The molecule has 5 heteroatoms. The van der Waals surface area contributed by atoms with Crippen molar-refractivity contribution >= 4 is 11.6 Å². The zero-order valence-electron chi connectivity index (χ0n) is 14.5. The van der Waals surface area contributed by atoms with Crippen molar-refractivity contribution < 1.29 is 4.79 Å². The number of anilines is 1. The summed E-state index contributed by atoms with van der Waals surface area (Å²) in [4.78, 5) is 22.5. The highest BCUT2D eigenvalue weighted by molar-refractivity contribution is 5.94. The first-order valence-electron chi connectivity index (χ1n) is 8.54. The van der Waals surface area contributed by atoms with Gasteiger partial charge in [-0.3, -0.25) is 14.8 Å². The van der Waals surface area contributed by atoms with Gasteiger partial charge in [-0.05, 0) is 36.6 Å². The Morgan fingerprint density at radius 2 is 1.96 bits per heavy atom. The Labute approximate surface area is 144 Å². The van der Waals surface area contributed by atoms with Crippen LogP contribution >= 0.6 is 0 Å². The predicted molar refractivity (Wildman–Crippen MR) is 97.3 cm³/mol. The van der Waals surface area contributed by atoms with Gasteiger partial charge < -0.3 is 10.2 Å². The van der Waals surface area contributed by atoms with Crippen LogP contribution in [0.15, 0.2) is 43.0 Å². The maximum Gasteiger partial charge on any atom is 0.252 e. The number of nitrogens with zero attached hydrogens (tertiary/aromatic N) is 3. The number of carbonyl (C=O) groups is 1. The topological polar surface area (TPSA) is 58.1 Å². The van der Waals surface area contributed by atoms with E-state index in [1.54, 1.807) is 24.8 Å². The molecule has 0 aliphatic rings. The minimum absolute atomic E-state index is 0.0528. The number of hydrogen-bond donors (Lipinski definition) is 1. The first-order valence-corrected chi connectivity index (χ1v) is 8.54. The fraction of sp³-hybridized carbons (Fsp3) is 0.421. The van der Waals surface area contributed by atoms with Crippen molar-refractivity contribution in [2.24, 2.45) is 0 Å². The second-order valence-electron chi connectivity index (χ2n) is 5.92. The molecule has 2 aromatic rings. The number of aromatic nitrogens is 2. The highest BCUT2D eigenvalue weighted by Crippen LogP contribution is 2.14. The summed E-state index contributed by atoms with van der Waals surface area (Å²) in [6.45, 7) is 3.72. The lowest BCUT2D eigenvalue weighted by Crippen LogP contribution is -2.25. The number of pyridine rings is 2. The normalized spacial score (nSPS) is 10.4. The number of likely N-dealkylation sites (N-methyl/N-ethyl adjacent to an activating group) is 1. The van der Waals surface area contributed by atoms with Gasteiger partial charge in [-0.15, -0.1) is 0 Å². The predicted octanol–water partition coefficient (Wildman–Crippen LogP) is 3.08. The molecule has 0 fully saturated rings. The van der Waals surface area contributed by atoms with Gasteiger partial charge in [0.25, 0.3) is 5.91 Å². The molecule has 0 bridgehead atoms. The highest BCUT2D eigenvalue weighted by Gasteiger charge is 2.09. The molecule has 0 saturated carbocycles. The van der Waals surface area contributed by atoms with E-state index in [0.717, 1.165) is 44.5 Å². The number of rotatable bonds is 9. The van der Waals surface area contributed by atoms with E-state index in [0.29, 0.717) is 5.56 Å². The van der Waals surface area contributed by atoms with Crippen molar-refractivity contribution in [2.45, 2.75) is 32.6 Å². The van der Waals surface area contributed by atoms with E-state index in [4.69, 9.17) is 0 Å². The molecule has 128 valence electrons. The summed E-state index contributed by atoms with van der Waals surface area (Å²) in [5.74, 6) is -0.0528. The van der Waals surface area contributed by atoms with Crippen LogP contribution < -0.4 is 10.2 Å². The van der Waals surface area contributed by atoms with Crippen LogP contribution in [0.2, 0.25) is 0 Å². The number of amides is 1. The molecule has 0 saturated heterocycles. The minimum atomic E-state index is -0.0528. The quantitative estimate of drug-likeness (QED) is 0.720. The van der Waals surface area contributed by atoms with Gasteiger partial charge in [-0.2, -0.15) is 0 Å². The summed E-state index contributed by atoms with van der Waals surface area (Å²) >= 11 is 0. The first kappa shape index (κ1) is 17.9.